The zero-order chi connectivity index (χ0) is 23.0. The molecule has 0 aliphatic carbocycles. The van der Waals surface area contributed by atoms with Crippen molar-refractivity contribution in [2.24, 2.45) is 0 Å². The third kappa shape index (κ3) is 4.60. The van der Waals surface area contributed by atoms with Gasteiger partial charge >= 0.3 is 4.96 Å². The number of para-hydroxylation sites is 2. The van der Waals surface area contributed by atoms with Crippen LogP contribution in [0.3, 0.4) is 0 Å². The minimum atomic E-state index is -4.94. The average molecular weight is 476 g/mol. The minimum Gasteiger partial charge on any atom is -0.497 e. The van der Waals surface area contributed by atoms with Gasteiger partial charge in [0, 0.05) is 19.2 Å². The number of anilines is 1. The molecule has 2 aromatic heterocycles. The van der Waals surface area contributed by atoms with Gasteiger partial charge in [0.1, 0.15) is 11.4 Å². The van der Waals surface area contributed by atoms with Crippen molar-refractivity contribution < 1.29 is 42.8 Å². The number of ether oxygens (including phenoxy) is 2. The van der Waals surface area contributed by atoms with E-state index in [9.17, 15) is 0 Å². The summed E-state index contributed by atoms with van der Waals surface area (Å²) in [6.45, 7) is 2.10. The Labute approximate surface area is 189 Å². The van der Waals surface area contributed by atoms with Crippen molar-refractivity contribution in [3.8, 4) is 11.5 Å². The number of aromatic nitrogens is 2. The third-order valence-corrected chi connectivity index (χ3v) is 5.78. The Morgan fingerprint density at radius 3 is 2.53 bits per heavy atom. The summed E-state index contributed by atoms with van der Waals surface area (Å²) in [4.78, 5) is 7.84. The Morgan fingerprint density at radius 2 is 1.84 bits per heavy atom. The Bertz CT molecular complexity index is 1330. The van der Waals surface area contributed by atoms with Gasteiger partial charge in [-0.1, -0.05) is 12.1 Å². The minimum absolute atomic E-state index is 0.773. The molecule has 3 heterocycles. The summed E-state index contributed by atoms with van der Waals surface area (Å²) < 4.78 is 48.6. The molecule has 32 heavy (non-hydrogen) atoms. The van der Waals surface area contributed by atoms with Gasteiger partial charge in [-0.3, -0.25) is 0 Å². The van der Waals surface area contributed by atoms with E-state index in [-0.39, 0.29) is 0 Å². The van der Waals surface area contributed by atoms with E-state index in [1.54, 1.807) is 18.4 Å². The third-order valence-electron chi connectivity index (χ3n) is 4.78. The van der Waals surface area contributed by atoms with Gasteiger partial charge < -0.3 is 14.4 Å². The number of rotatable bonds is 2. The summed E-state index contributed by atoms with van der Waals surface area (Å²) in [6, 6.07) is 16.2. The van der Waals surface area contributed by atoms with Crippen molar-refractivity contribution in [2.45, 2.75) is 6.92 Å². The zero-order valence-corrected chi connectivity index (χ0v) is 18.8. The highest BCUT2D eigenvalue weighted by atomic mass is 35.7. The van der Waals surface area contributed by atoms with Gasteiger partial charge in [0.05, 0.1) is 23.6 Å². The van der Waals surface area contributed by atoms with Crippen LogP contribution in [0.2, 0.25) is 0 Å². The standard InChI is InChI=1S/C21H18N3O2S.ClHO4/c1-13-10-14(11-20-23(2)16-6-4-5-7-18(16)26-20)22-21-24(13)17-9-8-15(25-3)12-19(17)27-21;2-1(3,4)5/h4-12H,1-3H3;(H,2,3,4,5)/q+1;/p-1. The van der Waals surface area contributed by atoms with Crippen molar-refractivity contribution in [3.63, 3.8) is 0 Å². The fourth-order valence-electron chi connectivity index (χ4n) is 3.42. The molecule has 2 aromatic carbocycles. The summed E-state index contributed by atoms with van der Waals surface area (Å²) >= 11 is 1.65. The first kappa shape index (κ1) is 22.2. The summed E-state index contributed by atoms with van der Waals surface area (Å²) in [5.41, 5.74) is 4.20. The molecule has 9 nitrogen and oxygen atoms in total. The molecule has 4 aromatic rings. The lowest BCUT2D eigenvalue weighted by molar-refractivity contribution is -2.00. The number of hydrogen-bond donors (Lipinski definition) is 0. The highest BCUT2D eigenvalue weighted by Gasteiger charge is 2.24. The molecule has 0 radical (unpaired) electrons. The lowest BCUT2D eigenvalue weighted by atomic mass is 10.3. The lowest BCUT2D eigenvalue weighted by Gasteiger charge is -2.17. The van der Waals surface area contributed by atoms with Gasteiger partial charge in [0.2, 0.25) is 5.88 Å². The first-order valence-corrected chi connectivity index (χ1v) is 11.3. The van der Waals surface area contributed by atoms with Gasteiger partial charge in [-0.15, -0.1) is 10.2 Å². The Balaban J connectivity index is 0.000000444. The zero-order valence-electron chi connectivity index (χ0n) is 17.3. The SMILES string of the molecule is COc1ccc2c(c1)sc1nc(/C=C3\Oc4ccccc4N3C)cc(C)[n+]12.[O-][Cl+3]([O-])([O-])[O-]. The van der Waals surface area contributed by atoms with Crippen molar-refractivity contribution in [2.75, 3.05) is 19.1 Å². The average Bonchev–Trinajstić information content (AvgIpc) is 3.24. The van der Waals surface area contributed by atoms with Crippen LogP contribution in [0.5, 0.6) is 11.5 Å². The number of thiazole rings is 1. The molecule has 0 saturated heterocycles. The molecular weight excluding hydrogens is 458 g/mol. The highest BCUT2D eigenvalue weighted by molar-refractivity contribution is 7.22. The van der Waals surface area contributed by atoms with Crippen molar-refractivity contribution >= 4 is 38.3 Å². The largest absolute Gasteiger partial charge is 0.497 e. The molecule has 0 saturated carbocycles. The molecular formula is C21H18ClN3O6S. The number of fused-ring (bicyclic) bond motifs is 4. The summed E-state index contributed by atoms with van der Waals surface area (Å²) in [5, 5.41) is 0. The van der Waals surface area contributed by atoms with E-state index in [1.165, 1.54) is 0 Å². The summed E-state index contributed by atoms with van der Waals surface area (Å²) in [7, 11) is -1.25. The van der Waals surface area contributed by atoms with Crippen LogP contribution in [0.25, 0.3) is 21.3 Å². The number of hydrogen-bond acceptors (Lipinski definition) is 9. The quantitative estimate of drug-likeness (QED) is 0.352. The van der Waals surface area contributed by atoms with Crippen LogP contribution in [-0.2, 0) is 0 Å². The molecule has 0 unspecified atom stereocenters. The van der Waals surface area contributed by atoms with E-state index in [4.69, 9.17) is 33.1 Å². The molecule has 166 valence electrons. The number of methoxy groups -OCH3 is 1. The maximum atomic E-state index is 8.49. The number of benzene rings is 2. The van der Waals surface area contributed by atoms with Crippen LogP contribution in [0, 0.1) is 17.2 Å². The summed E-state index contributed by atoms with van der Waals surface area (Å²) in [6.07, 6.45) is 1.98. The van der Waals surface area contributed by atoms with Crippen molar-refractivity contribution in [1.82, 2.24) is 4.98 Å². The second kappa shape index (κ2) is 8.51. The van der Waals surface area contributed by atoms with Crippen molar-refractivity contribution in [1.29, 1.82) is 0 Å². The molecule has 0 atom stereocenters. The van der Waals surface area contributed by atoms with Crippen LogP contribution in [0.4, 0.5) is 5.69 Å². The predicted octanol–water partition coefficient (Wildman–Crippen LogP) is -0.577. The van der Waals surface area contributed by atoms with E-state index in [0.717, 1.165) is 49.6 Å². The molecule has 11 heteroatoms. The normalized spacial score (nSPS) is 14.3. The molecule has 0 N–H and O–H groups in total. The van der Waals surface area contributed by atoms with Gasteiger partial charge in [-0.2, -0.15) is 4.40 Å². The van der Waals surface area contributed by atoms with E-state index >= 15 is 0 Å². The number of nitrogens with zero attached hydrogens (tertiary/aromatic N) is 3. The number of aryl methyl sites for hydroxylation is 1. The highest BCUT2D eigenvalue weighted by Crippen LogP contribution is 2.37. The van der Waals surface area contributed by atoms with Crippen molar-refractivity contribution in [3.05, 3.63) is 65.8 Å². The maximum Gasteiger partial charge on any atom is 0.388 e. The second-order valence-corrected chi connectivity index (χ2v) is 8.63. The van der Waals surface area contributed by atoms with Crippen LogP contribution in [0.15, 0.2) is 54.4 Å². The topological polar surface area (TPSA) is 131 Å². The van der Waals surface area contributed by atoms with E-state index < -0.39 is 10.2 Å². The van der Waals surface area contributed by atoms with Crippen LogP contribution < -0.4 is 37.4 Å². The fourth-order valence-corrected chi connectivity index (χ4v) is 4.54. The van der Waals surface area contributed by atoms with Gasteiger partial charge in [0.15, 0.2) is 17.0 Å². The van der Waals surface area contributed by atoms with Gasteiger partial charge in [0.25, 0.3) is 0 Å². The summed E-state index contributed by atoms with van der Waals surface area (Å²) in [5.74, 6) is 2.50. The van der Waals surface area contributed by atoms with Crippen LogP contribution in [-0.4, -0.2) is 19.1 Å². The van der Waals surface area contributed by atoms with Gasteiger partial charge in [-0.25, -0.2) is 18.6 Å². The van der Waals surface area contributed by atoms with E-state index in [1.807, 2.05) is 48.4 Å². The molecule has 1 aliphatic rings. The predicted molar refractivity (Wildman–Crippen MR) is 108 cm³/mol. The second-order valence-electron chi connectivity index (χ2n) is 6.87. The molecule has 5 rings (SSSR count). The first-order valence-electron chi connectivity index (χ1n) is 9.28. The monoisotopic (exact) mass is 475 g/mol. The van der Waals surface area contributed by atoms with E-state index in [0.29, 0.717) is 0 Å². The molecule has 0 fully saturated rings. The van der Waals surface area contributed by atoms with Crippen LogP contribution in [0.1, 0.15) is 11.4 Å². The molecule has 0 amide bonds. The number of halogens is 1. The Morgan fingerprint density at radius 1 is 1.12 bits per heavy atom. The lowest BCUT2D eigenvalue weighted by Crippen LogP contribution is -2.68. The smallest absolute Gasteiger partial charge is 0.388 e. The molecule has 0 bridgehead atoms. The Kier molecular flexibility index (Phi) is 5.91. The molecule has 1 aliphatic heterocycles. The fraction of sp³-hybridized carbons (Fsp3) is 0.143. The first-order chi connectivity index (χ1) is 15.1. The van der Waals surface area contributed by atoms with E-state index in [2.05, 4.69) is 29.5 Å². The molecule has 0 spiro atoms. The van der Waals surface area contributed by atoms with Crippen LogP contribution >= 0.6 is 11.3 Å². The Hall–Kier alpha value is -2.99. The van der Waals surface area contributed by atoms with Gasteiger partial charge in [-0.05, 0) is 47.5 Å². The maximum absolute atomic E-state index is 8.49.